The normalized spacial score (nSPS) is 20.6. The van der Waals surface area contributed by atoms with Gasteiger partial charge in [0.05, 0.1) is 18.0 Å². The van der Waals surface area contributed by atoms with Gasteiger partial charge in [0.15, 0.2) is 5.82 Å². The molecule has 0 saturated carbocycles. The first kappa shape index (κ1) is 21.8. The molecular weight excluding hydrogens is 388 g/mol. The molecule has 3 rings (SSSR count). The topological polar surface area (TPSA) is 80.5 Å². The molecule has 1 aromatic heterocycles. The number of morpholine rings is 1. The van der Waals surface area contributed by atoms with Gasteiger partial charge >= 0.3 is 0 Å². The zero-order chi connectivity index (χ0) is 21.0. The largest absolute Gasteiger partial charge is 0.373 e. The maximum absolute atomic E-state index is 12.6. The number of carbonyl (C=O) groups excluding carboxylic acids is 1. The monoisotopic (exact) mass is 418 g/mol. The number of ether oxygens (including phenoxy) is 1. The molecule has 29 heavy (non-hydrogen) atoms. The van der Waals surface area contributed by atoms with Gasteiger partial charge in [0.1, 0.15) is 0 Å². The van der Waals surface area contributed by atoms with Crippen molar-refractivity contribution in [2.45, 2.75) is 63.0 Å². The van der Waals surface area contributed by atoms with Crippen molar-refractivity contribution >= 4 is 17.7 Å². The van der Waals surface area contributed by atoms with Crippen LogP contribution in [0.15, 0.2) is 33.7 Å². The molecule has 1 saturated heterocycles. The minimum Gasteiger partial charge on any atom is -0.373 e. The summed E-state index contributed by atoms with van der Waals surface area (Å²) in [6.45, 7) is 12.6. The van der Waals surface area contributed by atoms with Crippen molar-refractivity contribution < 1.29 is 14.1 Å². The fraction of sp³-hybridized carbons (Fsp3) is 0.571. The van der Waals surface area contributed by atoms with Gasteiger partial charge in [-0.2, -0.15) is 4.98 Å². The van der Waals surface area contributed by atoms with Crippen molar-refractivity contribution in [3.63, 3.8) is 0 Å². The standard InChI is InChI=1S/C21H30N4O3S/c1-14-10-25(11-15(2)27-14)21(4,5)13-22-20(26)17-6-8-18(9-7-17)29-12-19-23-16(3)24-28-19/h6-9,14-15H,10-13H2,1-5H3,(H,22,26). The number of nitrogens with zero attached hydrogens (tertiary/aromatic N) is 3. The number of benzene rings is 1. The van der Waals surface area contributed by atoms with E-state index in [1.54, 1.807) is 18.7 Å². The lowest BCUT2D eigenvalue weighted by molar-refractivity contribution is -0.0948. The minimum atomic E-state index is -0.139. The van der Waals surface area contributed by atoms with Gasteiger partial charge in [-0.25, -0.2) is 0 Å². The number of aryl methyl sites for hydroxylation is 1. The maximum atomic E-state index is 12.6. The second kappa shape index (κ2) is 9.28. The number of carbonyl (C=O) groups is 1. The van der Waals surface area contributed by atoms with Gasteiger partial charge in [-0.1, -0.05) is 5.16 Å². The molecule has 0 spiro atoms. The van der Waals surface area contributed by atoms with Gasteiger partial charge in [0, 0.05) is 35.6 Å². The van der Waals surface area contributed by atoms with Crippen molar-refractivity contribution in [1.82, 2.24) is 20.4 Å². The van der Waals surface area contributed by atoms with Gasteiger partial charge in [-0.3, -0.25) is 9.69 Å². The highest BCUT2D eigenvalue weighted by molar-refractivity contribution is 7.98. The predicted molar refractivity (Wildman–Crippen MR) is 113 cm³/mol. The van der Waals surface area contributed by atoms with E-state index in [1.807, 2.05) is 24.3 Å². The summed E-state index contributed by atoms with van der Waals surface area (Å²) in [6, 6.07) is 7.59. The van der Waals surface area contributed by atoms with E-state index in [0.29, 0.717) is 29.6 Å². The Hall–Kier alpha value is -1.90. The third-order valence-corrected chi connectivity index (χ3v) is 6.00. The van der Waals surface area contributed by atoms with Crippen molar-refractivity contribution in [3.8, 4) is 0 Å². The summed E-state index contributed by atoms with van der Waals surface area (Å²) in [5.74, 6) is 1.79. The second-order valence-electron chi connectivity index (χ2n) is 8.21. The fourth-order valence-corrected chi connectivity index (χ4v) is 4.16. The van der Waals surface area contributed by atoms with Crippen molar-refractivity contribution in [2.75, 3.05) is 19.6 Å². The Morgan fingerprint density at radius 1 is 1.24 bits per heavy atom. The molecule has 2 heterocycles. The lowest BCUT2D eigenvalue weighted by Crippen LogP contribution is -2.58. The number of thioether (sulfide) groups is 1. The highest BCUT2D eigenvalue weighted by Gasteiger charge is 2.33. The highest BCUT2D eigenvalue weighted by Crippen LogP contribution is 2.23. The van der Waals surface area contributed by atoms with Crippen LogP contribution in [0.5, 0.6) is 0 Å². The Kier molecular flexibility index (Phi) is 6.97. The van der Waals surface area contributed by atoms with E-state index in [2.05, 4.69) is 48.1 Å². The van der Waals surface area contributed by atoms with E-state index >= 15 is 0 Å². The quantitative estimate of drug-likeness (QED) is 0.691. The van der Waals surface area contributed by atoms with Crippen LogP contribution >= 0.6 is 11.8 Å². The summed E-state index contributed by atoms with van der Waals surface area (Å²) in [7, 11) is 0. The molecule has 0 radical (unpaired) electrons. The molecule has 1 amide bonds. The fourth-order valence-electron chi connectivity index (χ4n) is 3.43. The van der Waals surface area contributed by atoms with Gasteiger partial charge in [0.25, 0.3) is 5.91 Å². The number of amides is 1. The molecule has 2 atom stereocenters. The van der Waals surface area contributed by atoms with Gasteiger partial charge < -0.3 is 14.6 Å². The van der Waals surface area contributed by atoms with E-state index < -0.39 is 0 Å². The number of hydrogen-bond acceptors (Lipinski definition) is 7. The predicted octanol–water partition coefficient (Wildman–Crippen LogP) is 3.29. The minimum absolute atomic E-state index is 0.0588. The molecule has 0 bridgehead atoms. The molecule has 0 aliphatic carbocycles. The molecule has 158 valence electrons. The molecule has 2 aromatic rings. The van der Waals surface area contributed by atoms with E-state index in [0.717, 1.165) is 18.0 Å². The first-order valence-corrected chi connectivity index (χ1v) is 10.9. The van der Waals surface area contributed by atoms with Crippen LogP contribution in [0.3, 0.4) is 0 Å². The summed E-state index contributed by atoms with van der Waals surface area (Å²) in [6.07, 6.45) is 0.407. The van der Waals surface area contributed by atoms with Gasteiger partial charge in [-0.05, 0) is 58.9 Å². The highest BCUT2D eigenvalue weighted by atomic mass is 32.2. The molecular formula is C21H30N4O3S. The van der Waals surface area contributed by atoms with Crippen LogP contribution in [0.4, 0.5) is 0 Å². The maximum Gasteiger partial charge on any atom is 0.251 e. The Morgan fingerprint density at radius 3 is 2.48 bits per heavy atom. The number of rotatable bonds is 7. The smallest absolute Gasteiger partial charge is 0.251 e. The third-order valence-electron chi connectivity index (χ3n) is 5.01. The van der Waals surface area contributed by atoms with Crippen LogP contribution in [-0.2, 0) is 10.5 Å². The van der Waals surface area contributed by atoms with Crippen LogP contribution in [0.25, 0.3) is 0 Å². The van der Waals surface area contributed by atoms with Crippen molar-refractivity contribution in [1.29, 1.82) is 0 Å². The number of aromatic nitrogens is 2. The van der Waals surface area contributed by atoms with Crippen LogP contribution in [0.2, 0.25) is 0 Å². The number of nitrogens with one attached hydrogen (secondary N) is 1. The van der Waals surface area contributed by atoms with E-state index in [9.17, 15) is 4.79 Å². The Labute approximate surface area is 176 Å². The van der Waals surface area contributed by atoms with E-state index in [4.69, 9.17) is 9.26 Å². The zero-order valence-corrected chi connectivity index (χ0v) is 18.6. The summed E-state index contributed by atoms with van der Waals surface area (Å²) in [4.78, 5) is 20.2. The first-order valence-electron chi connectivity index (χ1n) is 9.94. The molecule has 2 unspecified atom stereocenters. The Morgan fingerprint density at radius 2 is 1.90 bits per heavy atom. The van der Waals surface area contributed by atoms with Crippen LogP contribution in [0, 0.1) is 6.92 Å². The third kappa shape index (κ3) is 6.04. The lowest BCUT2D eigenvalue weighted by atomic mass is 10.00. The van der Waals surface area contributed by atoms with Crippen molar-refractivity contribution in [2.24, 2.45) is 0 Å². The van der Waals surface area contributed by atoms with Gasteiger partial charge in [-0.15, -0.1) is 11.8 Å². The average molecular weight is 419 g/mol. The van der Waals surface area contributed by atoms with Crippen LogP contribution in [-0.4, -0.2) is 58.3 Å². The zero-order valence-electron chi connectivity index (χ0n) is 17.8. The summed E-state index contributed by atoms with van der Waals surface area (Å²) >= 11 is 1.60. The molecule has 7 nitrogen and oxygen atoms in total. The van der Waals surface area contributed by atoms with E-state index in [1.165, 1.54) is 0 Å². The number of hydrogen-bond donors (Lipinski definition) is 1. The lowest BCUT2D eigenvalue weighted by Gasteiger charge is -2.45. The SMILES string of the molecule is Cc1noc(CSc2ccc(C(=O)NCC(C)(C)N3CC(C)OC(C)C3)cc2)n1. The van der Waals surface area contributed by atoms with Gasteiger partial charge in [0.2, 0.25) is 5.89 Å². The molecule has 1 fully saturated rings. The average Bonchev–Trinajstić information content (AvgIpc) is 3.09. The molecule has 1 N–H and O–H groups in total. The second-order valence-corrected chi connectivity index (χ2v) is 9.25. The Balaban J connectivity index is 1.51. The van der Waals surface area contributed by atoms with Crippen LogP contribution < -0.4 is 5.32 Å². The Bertz CT molecular complexity index is 812. The molecule has 8 heteroatoms. The molecule has 1 aromatic carbocycles. The van der Waals surface area contributed by atoms with Crippen molar-refractivity contribution in [3.05, 3.63) is 41.5 Å². The van der Waals surface area contributed by atoms with E-state index in [-0.39, 0.29) is 23.7 Å². The summed E-state index contributed by atoms with van der Waals surface area (Å²) < 4.78 is 10.9. The molecule has 1 aliphatic rings. The first-order chi connectivity index (χ1) is 13.7. The summed E-state index contributed by atoms with van der Waals surface area (Å²) in [5, 5.41) is 6.87. The van der Waals surface area contributed by atoms with Crippen LogP contribution in [0.1, 0.15) is 49.8 Å². The summed E-state index contributed by atoms with van der Waals surface area (Å²) in [5.41, 5.74) is 0.516. The molecule has 1 aliphatic heterocycles.